The molecule has 0 aliphatic heterocycles. The highest BCUT2D eigenvalue weighted by molar-refractivity contribution is 9.10. The Kier molecular flexibility index (Phi) is 3.52. The van der Waals surface area contributed by atoms with Crippen LogP contribution in [0.3, 0.4) is 0 Å². The number of hydrogen-bond acceptors (Lipinski definition) is 3. The molecule has 16 heavy (non-hydrogen) atoms. The van der Waals surface area contributed by atoms with Crippen molar-refractivity contribution in [1.82, 2.24) is 0 Å². The van der Waals surface area contributed by atoms with Crippen LogP contribution in [0.15, 0.2) is 22.7 Å². The van der Waals surface area contributed by atoms with Gasteiger partial charge in [-0.05, 0) is 37.0 Å². The molecule has 0 bridgehead atoms. The molecular formula is C12H17BrN2O. The summed E-state index contributed by atoms with van der Waals surface area (Å²) in [5, 5.41) is 0. The summed E-state index contributed by atoms with van der Waals surface area (Å²) in [5.41, 5.74) is 13.1. The van der Waals surface area contributed by atoms with E-state index < -0.39 is 0 Å². The lowest BCUT2D eigenvalue weighted by Gasteiger charge is -2.37. The van der Waals surface area contributed by atoms with Gasteiger partial charge in [0.05, 0.1) is 7.11 Å². The highest BCUT2D eigenvalue weighted by atomic mass is 79.9. The fourth-order valence-electron chi connectivity index (χ4n) is 2.22. The average Bonchev–Trinajstić information content (AvgIpc) is 2.24. The Morgan fingerprint density at radius 3 is 2.69 bits per heavy atom. The van der Waals surface area contributed by atoms with Gasteiger partial charge in [0.25, 0.3) is 0 Å². The van der Waals surface area contributed by atoms with Crippen LogP contribution < -0.4 is 16.2 Å². The Morgan fingerprint density at radius 1 is 1.44 bits per heavy atom. The van der Waals surface area contributed by atoms with Gasteiger partial charge in [-0.15, -0.1) is 0 Å². The van der Waals surface area contributed by atoms with Crippen molar-refractivity contribution in [3.8, 4) is 5.75 Å². The summed E-state index contributed by atoms with van der Waals surface area (Å²) < 4.78 is 6.36. The number of rotatable bonds is 3. The van der Waals surface area contributed by atoms with E-state index in [-0.39, 0.29) is 6.04 Å². The number of methoxy groups -OCH3 is 1. The van der Waals surface area contributed by atoms with Gasteiger partial charge >= 0.3 is 0 Å². The van der Waals surface area contributed by atoms with Crippen molar-refractivity contribution < 1.29 is 4.74 Å². The maximum atomic E-state index is 6.25. The van der Waals surface area contributed by atoms with Gasteiger partial charge < -0.3 is 16.2 Å². The molecule has 1 aromatic rings. The van der Waals surface area contributed by atoms with Crippen molar-refractivity contribution >= 4 is 15.9 Å². The van der Waals surface area contributed by atoms with E-state index >= 15 is 0 Å². The van der Waals surface area contributed by atoms with Crippen LogP contribution in [0.25, 0.3) is 0 Å². The summed E-state index contributed by atoms with van der Waals surface area (Å²) >= 11 is 3.46. The summed E-state index contributed by atoms with van der Waals surface area (Å²) in [6.07, 6.45) is 2.02. The summed E-state index contributed by atoms with van der Waals surface area (Å²) in [4.78, 5) is 0. The largest absolute Gasteiger partial charge is 0.496 e. The molecule has 0 saturated heterocycles. The Labute approximate surface area is 104 Å². The highest BCUT2D eigenvalue weighted by Gasteiger charge is 2.32. The van der Waals surface area contributed by atoms with Gasteiger partial charge in [-0.2, -0.15) is 0 Å². The Hall–Kier alpha value is -0.580. The summed E-state index contributed by atoms with van der Waals surface area (Å²) in [5.74, 6) is 1.34. The standard InChI is InChI=1S/C12H17BrN2O/c1-16-11-3-2-8(13)6-10(11)12(15)7-4-9(14)5-7/h2-3,6-7,9,12H,4-5,14-15H2,1H3. The van der Waals surface area contributed by atoms with E-state index in [1.165, 1.54) is 0 Å². The molecule has 4 N–H and O–H groups in total. The van der Waals surface area contributed by atoms with Crippen LogP contribution >= 0.6 is 15.9 Å². The van der Waals surface area contributed by atoms with Gasteiger partial charge in [0.2, 0.25) is 0 Å². The van der Waals surface area contributed by atoms with Crippen LogP contribution in [0.5, 0.6) is 5.75 Å². The smallest absolute Gasteiger partial charge is 0.123 e. The number of hydrogen-bond donors (Lipinski definition) is 2. The van der Waals surface area contributed by atoms with Crippen LogP contribution in [-0.2, 0) is 0 Å². The second-order valence-corrected chi connectivity index (χ2v) is 5.32. The van der Waals surface area contributed by atoms with Gasteiger partial charge in [-0.3, -0.25) is 0 Å². The number of halogens is 1. The average molecular weight is 285 g/mol. The highest BCUT2D eigenvalue weighted by Crippen LogP contribution is 2.39. The minimum atomic E-state index is 0.0206. The predicted octanol–water partition coefficient (Wildman–Crippen LogP) is 2.19. The van der Waals surface area contributed by atoms with E-state index in [4.69, 9.17) is 16.2 Å². The first-order chi connectivity index (χ1) is 7.61. The van der Waals surface area contributed by atoms with Crippen LogP contribution in [-0.4, -0.2) is 13.2 Å². The lowest BCUT2D eigenvalue weighted by atomic mass is 9.74. The second kappa shape index (κ2) is 4.73. The first kappa shape index (κ1) is 11.9. The van der Waals surface area contributed by atoms with Crippen LogP contribution in [0.1, 0.15) is 24.4 Å². The minimum Gasteiger partial charge on any atom is -0.496 e. The van der Waals surface area contributed by atoms with Gasteiger partial charge in [0, 0.05) is 22.1 Å². The molecule has 0 heterocycles. The normalized spacial score (nSPS) is 26.0. The third kappa shape index (κ3) is 2.24. The Morgan fingerprint density at radius 2 is 2.12 bits per heavy atom. The molecule has 3 nitrogen and oxygen atoms in total. The third-order valence-corrected chi connectivity index (χ3v) is 3.76. The monoisotopic (exact) mass is 284 g/mol. The Bertz CT molecular complexity index is 377. The Balaban J connectivity index is 2.21. The molecule has 1 aromatic carbocycles. The van der Waals surface area contributed by atoms with Crippen molar-refractivity contribution in [3.63, 3.8) is 0 Å². The fourth-order valence-corrected chi connectivity index (χ4v) is 2.60. The zero-order chi connectivity index (χ0) is 11.7. The number of benzene rings is 1. The fraction of sp³-hybridized carbons (Fsp3) is 0.500. The van der Waals surface area contributed by atoms with Crippen molar-refractivity contribution in [2.24, 2.45) is 17.4 Å². The van der Waals surface area contributed by atoms with Crippen LogP contribution in [0.4, 0.5) is 0 Å². The summed E-state index contributed by atoms with van der Waals surface area (Å²) in [6, 6.07) is 6.29. The molecule has 0 radical (unpaired) electrons. The zero-order valence-corrected chi connectivity index (χ0v) is 10.9. The predicted molar refractivity (Wildman–Crippen MR) is 68.3 cm³/mol. The van der Waals surface area contributed by atoms with Crippen LogP contribution in [0.2, 0.25) is 0 Å². The lowest BCUT2D eigenvalue weighted by Crippen LogP contribution is -2.41. The van der Waals surface area contributed by atoms with Crippen molar-refractivity contribution in [3.05, 3.63) is 28.2 Å². The first-order valence-electron chi connectivity index (χ1n) is 5.46. The maximum absolute atomic E-state index is 6.25. The van der Waals surface area contributed by atoms with E-state index in [0.29, 0.717) is 12.0 Å². The van der Waals surface area contributed by atoms with E-state index in [1.54, 1.807) is 7.11 Å². The molecule has 1 atom stereocenters. The van der Waals surface area contributed by atoms with Crippen LogP contribution in [0, 0.1) is 5.92 Å². The van der Waals surface area contributed by atoms with E-state index in [9.17, 15) is 0 Å². The van der Waals surface area contributed by atoms with Gasteiger partial charge in [0.15, 0.2) is 0 Å². The van der Waals surface area contributed by atoms with Gasteiger partial charge in [-0.1, -0.05) is 15.9 Å². The molecule has 88 valence electrons. The summed E-state index contributed by atoms with van der Waals surface area (Å²) in [7, 11) is 1.67. The van der Waals surface area contributed by atoms with E-state index in [0.717, 1.165) is 28.6 Å². The molecule has 0 amide bonds. The van der Waals surface area contributed by atoms with Crippen molar-refractivity contribution in [2.45, 2.75) is 24.9 Å². The number of ether oxygens (including phenoxy) is 1. The molecule has 2 rings (SSSR count). The maximum Gasteiger partial charge on any atom is 0.123 e. The molecule has 1 fully saturated rings. The molecule has 1 saturated carbocycles. The van der Waals surface area contributed by atoms with Crippen molar-refractivity contribution in [2.75, 3.05) is 7.11 Å². The van der Waals surface area contributed by atoms with Gasteiger partial charge in [0.1, 0.15) is 5.75 Å². The third-order valence-electron chi connectivity index (χ3n) is 3.27. The molecular weight excluding hydrogens is 268 g/mol. The lowest BCUT2D eigenvalue weighted by molar-refractivity contribution is 0.221. The zero-order valence-electron chi connectivity index (χ0n) is 9.32. The molecule has 1 aliphatic rings. The van der Waals surface area contributed by atoms with Crippen molar-refractivity contribution in [1.29, 1.82) is 0 Å². The molecule has 0 spiro atoms. The van der Waals surface area contributed by atoms with E-state index in [2.05, 4.69) is 15.9 Å². The molecule has 4 heteroatoms. The SMILES string of the molecule is COc1ccc(Br)cc1C(N)C1CC(N)C1. The molecule has 0 aromatic heterocycles. The van der Waals surface area contributed by atoms with E-state index in [1.807, 2.05) is 18.2 Å². The summed E-state index contributed by atoms with van der Waals surface area (Å²) in [6.45, 7) is 0. The quantitative estimate of drug-likeness (QED) is 0.895. The molecule has 1 unspecified atom stereocenters. The second-order valence-electron chi connectivity index (χ2n) is 4.40. The first-order valence-corrected chi connectivity index (χ1v) is 6.25. The molecule has 1 aliphatic carbocycles. The van der Waals surface area contributed by atoms with Gasteiger partial charge in [-0.25, -0.2) is 0 Å². The minimum absolute atomic E-state index is 0.0206. The topological polar surface area (TPSA) is 61.3 Å². The number of nitrogens with two attached hydrogens (primary N) is 2.